The summed E-state index contributed by atoms with van der Waals surface area (Å²) >= 11 is 0. The zero-order valence-corrected chi connectivity index (χ0v) is 17.3. The molecule has 0 unspecified atom stereocenters. The zero-order chi connectivity index (χ0) is 19.7. The summed E-state index contributed by atoms with van der Waals surface area (Å²) in [5, 5.41) is 6.33. The Kier molecular flexibility index (Phi) is 8.49. The van der Waals surface area contributed by atoms with E-state index in [4.69, 9.17) is 4.74 Å². The Morgan fingerprint density at radius 2 is 1.89 bits per heavy atom. The molecule has 152 valence electrons. The molecule has 8 nitrogen and oxygen atoms in total. The van der Waals surface area contributed by atoms with Gasteiger partial charge in [-0.2, -0.15) is 4.31 Å². The van der Waals surface area contributed by atoms with Gasteiger partial charge in [0.2, 0.25) is 10.0 Å². The minimum absolute atomic E-state index is 0.354. The molecular weight excluding hydrogens is 366 g/mol. The SMILES string of the molecule is CCOCCNC(=NC)NCc1ccccc1S(=O)(=O)N1CCN(C)CC1. The van der Waals surface area contributed by atoms with Crippen molar-refractivity contribution < 1.29 is 13.2 Å². The molecule has 0 spiro atoms. The molecule has 27 heavy (non-hydrogen) atoms. The van der Waals surface area contributed by atoms with Gasteiger partial charge in [0.25, 0.3) is 0 Å². The van der Waals surface area contributed by atoms with Crippen LogP contribution in [0.3, 0.4) is 0 Å². The van der Waals surface area contributed by atoms with Crippen molar-refractivity contribution in [1.82, 2.24) is 19.8 Å². The minimum Gasteiger partial charge on any atom is -0.380 e. The molecule has 0 amide bonds. The van der Waals surface area contributed by atoms with Crippen LogP contribution in [0.5, 0.6) is 0 Å². The number of rotatable bonds is 8. The first-order chi connectivity index (χ1) is 13.0. The van der Waals surface area contributed by atoms with Crippen molar-refractivity contribution >= 4 is 16.0 Å². The highest BCUT2D eigenvalue weighted by molar-refractivity contribution is 7.89. The molecule has 2 rings (SSSR count). The molecule has 1 aliphatic heterocycles. The van der Waals surface area contributed by atoms with Gasteiger partial charge >= 0.3 is 0 Å². The molecule has 0 bridgehead atoms. The highest BCUT2D eigenvalue weighted by Gasteiger charge is 2.29. The van der Waals surface area contributed by atoms with Gasteiger partial charge in [0.05, 0.1) is 11.5 Å². The van der Waals surface area contributed by atoms with E-state index < -0.39 is 10.0 Å². The average Bonchev–Trinajstić information content (AvgIpc) is 2.68. The van der Waals surface area contributed by atoms with Gasteiger partial charge in [0, 0.05) is 52.9 Å². The number of hydrogen-bond acceptors (Lipinski definition) is 5. The Morgan fingerprint density at radius 1 is 1.19 bits per heavy atom. The van der Waals surface area contributed by atoms with Crippen LogP contribution in [0, 0.1) is 0 Å². The molecule has 0 aliphatic carbocycles. The molecule has 0 saturated carbocycles. The standard InChI is InChI=1S/C18H31N5O3S/c1-4-26-14-9-20-18(19-2)21-15-16-7-5-6-8-17(16)27(24,25)23-12-10-22(3)11-13-23/h5-8H,4,9-15H2,1-3H3,(H2,19,20,21). The largest absolute Gasteiger partial charge is 0.380 e. The lowest BCUT2D eigenvalue weighted by Gasteiger charge is -2.32. The number of likely N-dealkylation sites (N-methyl/N-ethyl adjacent to an activating group) is 1. The van der Waals surface area contributed by atoms with Crippen LogP contribution in [0.4, 0.5) is 0 Å². The van der Waals surface area contributed by atoms with Gasteiger partial charge in [-0.25, -0.2) is 8.42 Å². The van der Waals surface area contributed by atoms with Crippen molar-refractivity contribution in [1.29, 1.82) is 0 Å². The van der Waals surface area contributed by atoms with Crippen LogP contribution in [0.15, 0.2) is 34.2 Å². The van der Waals surface area contributed by atoms with Crippen LogP contribution in [-0.4, -0.2) is 83.6 Å². The number of nitrogens with zero attached hydrogens (tertiary/aromatic N) is 3. The summed E-state index contributed by atoms with van der Waals surface area (Å²) in [5.74, 6) is 0.613. The second-order valence-electron chi connectivity index (χ2n) is 6.36. The van der Waals surface area contributed by atoms with Gasteiger partial charge in [0.15, 0.2) is 5.96 Å². The van der Waals surface area contributed by atoms with Crippen molar-refractivity contribution in [2.24, 2.45) is 4.99 Å². The number of sulfonamides is 1. The van der Waals surface area contributed by atoms with Gasteiger partial charge in [-0.3, -0.25) is 4.99 Å². The maximum atomic E-state index is 13.1. The van der Waals surface area contributed by atoms with Crippen LogP contribution in [-0.2, 0) is 21.3 Å². The second-order valence-corrected chi connectivity index (χ2v) is 8.27. The van der Waals surface area contributed by atoms with E-state index in [9.17, 15) is 8.42 Å². The first-order valence-corrected chi connectivity index (χ1v) is 10.7. The van der Waals surface area contributed by atoms with E-state index in [-0.39, 0.29) is 0 Å². The van der Waals surface area contributed by atoms with E-state index in [1.165, 1.54) is 0 Å². The monoisotopic (exact) mass is 397 g/mol. The number of benzene rings is 1. The van der Waals surface area contributed by atoms with E-state index in [1.807, 2.05) is 26.1 Å². The summed E-state index contributed by atoms with van der Waals surface area (Å²) in [5.41, 5.74) is 0.726. The average molecular weight is 398 g/mol. The van der Waals surface area contributed by atoms with Gasteiger partial charge in [-0.15, -0.1) is 0 Å². The van der Waals surface area contributed by atoms with Gasteiger partial charge in [-0.05, 0) is 25.6 Å². The van der Waals surface area contributed by atoms with Gasteiger partial charge < -0.3 is 20.3 Å². The highest BCUT2D eigenvalue weighted by Crippen LogP contribution is 2.21. The summed E-state index contributed by atoms with van der Waals surface area (Å²) in [6.07, 6.45) is 0. The summed E-state index contributed by atoms with van der Waals surface area (Å²) in [4.78, 5) is 6.65. The Hall–Kier alpha value is -1.68. The Morgan fingerprint density at radius 3 is 2.56 bits per heavy atom. The van der Waals surface area contributed by atoms with Crippen molar-refractivity contribution in [2.75, 3.05) is 60.0 Å². The summed E-state index contributed by atoms with van der Waals surface area (Å²) in [6.45, 7) is 6.74. The fourth-order valence-corrected chi connectivity index (χ4v) is 4.50. The van der Waals surface area contributed by atoms with Crippen LogP contribution in [0.1, 0.15) is 12.5 Å². The molecule has 0 radical (unpaired) electrons. The molecule has 9 heteroatoms. The van der Waals surface area contributed by atoms with Crippen LogP contribution < -0.4 is 10.6 Å². The third kappa shape index (κ3) is 6.17. The quantitative estimate of drug-likeness (QED) is 0.373. The van der Waals surface area contributed by atoms with E-state index >= 15 is 0 Å². The number of nitrogens with one attached hydrogen (secondary N) is 2. The highest BCUT2D eigenvalue weighted by atomic mass is 32.2. The fourth-order valence-electron chi connectivity index (χ4n) is 2.85. The number of guanidine groups is 1. The second kappa shape index (κ2) is 10.6. The van der Waals surface area contributed by atoms with Crippen LogP contribution in [0.2, 0.25) is 0 Å². The summed E-state index contributed by atoms with van der Waals surface area (Å²) in [6, 6.07) is 7.13. The van der Waals surface area contributed by atoms with E-state index in [1.54, 1.807) is 23.5 Å². The normalized spacial score (nSPS) is 17.1. The Labute approximate surface area is 162 Å². The number of piperazine rings is 1. The molecule has 0 aromatic heterocycles. The van der Waals surface area contributed by atoms with Crippen LogP contribution in [0.25, 0.3) is 0 Å². The molecule has 1 aliphatic rings. The Balaban J connectivity index is 2.04. The van der Waals surface area contributed by atoms with Crippen molar-refractivity contribution in [3.05, 3.63) is 29.8 Å². The molecule has 0 atom stereocenters. The number of hydrogen-bond donors (Lipinski definition) is 2. The maximum absolute atomic E-state index is 13.1. The van der Waals surface area contributed by atoms with Gasteiger partial charge in [0.1, 0.15) is 0 Å². The van der Waals surface area contributed by atoms with Crippen molar-refractivity contribution in [3.8, 4) is 0 Å². The third-order valence-electron chi connectivity index (χ3n) is 4.47. The van der Waals surface area contributed by atoms with Crippen molar-refractivity contribution in [2.45, 2.75) is 18.4 Å². The number of aliphatic imine (C=N–C) groups is 1. The van der Waals surface area contributed by atoms with E-state index in [2.05, 4.69) is 20.5 Å². The lowest BCUT2D eigenvalue weighted by molar-refractivity contribution is 0.152. The first kappa shape index (κ1) is 21.6. The first-order valence-electron chi connectivity index (χ1n) is 9.28. The lowest BCUT2D eigenvalue weighted by Crippen LogP contribution is -2.47. The molecule has 1 aromatic carbocycles. The molecule has 1 heterocycles. The molecule has 1 fully saturated rings. The Bertz CT molecular complexity index is 715. The topological polar surface area (TPSA) is 86.3 Å². The predicted octanol–water partition coefficient (Wildman–Crippen LogP) is 0.324. The van der Waals surface area contributed by atoms with E-state index in [0.717, 1.165) is 18.7 Å². The van der Waals surface area contributed by atoms with Crippen LogP contribution >= 0.6 is 0 Å². The fraction of sp³-hybridized carbons (Fsp3) is 0.611. The molecular formula is C18H31N5O3S. The number of ether oxygens (including phenoxy) is 1. The zero-order valence-electron chi connectivity index (χ0n) is 16.4. The lowest BCUT2D eigenvalue weighted by atomic mass is 10.2. The summed E-state index contributed by atoms with van der Waals surface area (Å²) < 4.78 is 33.0. The van der Waals surface area contributed by atoms with Gasteiger partial charge in [-0.1, -0.05) is 18.2 Å². The predicted molar refractivity (Wildman–Crippen MR) is 107 cm³/mol. The van der Waals surface area contributed by atoms with E-state index in [0.29, 0.717) is 50.2 Å². The molecule has 2 N–H and O–H groups in total. The summed E-state index contributed by atoms with van der Waals surface area (Å²) in [7, 11) is 0.181. The smallest absolute Gasteiger partial charge is 0.243 e. The maximum Gasteiger partial charge on any atom is 0.243 e. The molecule has 1 aromatic rings. The minimum atomic E-state index is -3.51. The molecule has 1 saturated heterocycles. The third-order valence-corrected chi connectivity index (χ3v) is 6.46. The van der Waals surface area contributed by atoms with Crippen molar-refractivity contribution in [3.63, 3.8) is 0 Å².